The van der Waals surface area contributed by atoms with Crippen LogP contribution in [0.25, 0.3) is 0 Å². The third-order valence-electron chi connectivity index (χ3n) is 3.31. The molecule has 1 aliphatic rings. The van der Waals surface area contributed by atoms with E-state index in [1.165, 1.54) is 18.4 Å². The normalized spacial score (nSPS) is 15.1. The van der Waals surface area contributed by atoms with Crippen molar-refractivity contribution in [3.8, 4) is 0 Å². The second kappa shape index (κ2) is 6.14. The van der Waals surface area contributed by atoms with E-state index < -0.39 is 0 Å². The maximum absolute atomic E-state index is 12.0. The molecule has 1 saturated carbocycles. The Hall–Kier alpha value is -1.15. The molecule has 2 heteroatoms. The molecule has 0 aromatic heterocycles. The molecule has 0 bridgehead atoms. The third-order valence-corrected chi connectivity index (χ3v) is 3.31. The Labute approximate surface area is 110 Å². The van der Waals surface area contributed by atoms with Gasteiger partial charge in [-0.15, -0.1) is 0 Å². The fourth-order valence-corrected chi connectivity index (χ4v) is 2.16. The van der Waals surface area contributed by atoms with Gasteiger partial charge in [-0.1, -0.05) is 32.0 Å². The van der Waals surface area contributed by atoms with Crippen molar-refractivity contribution in [2.45, 2.75) is 33.1 Å². The summed E-state index contributed by atoms with van der Waals surface area (Å²) in [5.74, 6) is 1.66. The maximum atomic E-state index is 12.0. The Bertz CT molecular complexity index is 407. The average molecular weight is 245 g/mol. The molecule has 98 valence electrons. The number of ketones is 1. The maximum Gasteiger partial charge on any atom is 0.176 e. The summed E-state index contributed by atoms with van der Waals surface area (Å²) < 4.78 is 0. The topological polar surface area (TPSA) is 29.1 Å². The molecule has 2 rings (SSSR count). The quantitative estimate of drug-likeness (QED) is 0.748. The fourth-order valence-electron chi connectivity index (χ4n) is 2.16. The van der Waals surface area contributed by atoms with Gasteiger partial charge in [0.25, 0.3) is 0 Å². The Morgan fingerprint density at radius 2 is 2.17 bits per heavy atom. The highest BCUT2D eigenvalue weighted by atomic mass is 16.1. The molecular formula is C16H23NO. The Morgan fingerprint density at radius 1 is 1.39 bits per heavy atom. The lowest BCUT2D eigenvalue weighted by Crippen LogP contribution is -2.25. The summed E-state index contributed by atoms with van der Waals surface area (Å²) in [4.78, 5) is 12.0. The van der Waals surface area contributed by atoms with Crippen LogP contribution in [0.3, 0.4) is 0 Å². The van der Waals surface area contributed by atoms with E-state index in [2.05, 4.69) is 25.2 Å². The molecule has 1 N–H and O–H groups in total. The Morgan fingerprint density at radius 3 is 2.83 bits per heavy atom. The molecule has 2 nitrogen and oxygen atoms in total. The zero-order chi connectivity index (χ0) is 13.0. The summed E-state index contributed by atoms with van der Waals surface area (Å²) in [6.07, 6.45) is 3.69. The van der Waals surface area contributed by atoms with E-state index in [1.807, 2.05) is 18.2 Å². The third kappa shape index (κ3) is 4.26. The van der Waals surface area contributed by atoms with Crippen LogP contribution in [0, 0.1) is 11.8 Å². The van der Waals surface area contributed by atoms with Crippen molar-refractivity contribution in [3.63, 3.8) is 0 Å². The number of nitrogens with one attached hydrogen (secondary N) is 1. The molecule has 0 amide bonds. The van der Waals surface area contributed by atoms with Gasteiger partial charge in [-0.3, -0.25) is 4.79 Å². The standard InChI is InChI=1S/C16H23NO/c1-12(2)8-14-4-3-5-15(9-14)16(18)11-17-10-13-6-7-13/h3-5,9,12-13,17H,6-8,10-11H2,1-2H3. The second-order valence-corrected chi connectivity index (χ2v) is 5.80. The summed E-state index contributed by atoms with van der Waals surface area (Å²) >= 11 is 0. The van der Waals surface area contributed by atoms with Gasteiger partial charge in [-0.2, -0.15) is 0 Å². The van der Waals surface area contributed by atoms with Gasteiger partial charge in [0.15, 0.2) is 5.78 Å². The monoisotopic (exact) mass is 245 g/mol. The highest BCUT2D eigenvalue weighted by molar-refractivity contribution is 5.97. The average Bonchev–Trinajstić information content (AvgIpc) is 3.12. The zero-order valence-corrected chi connectivity index (χ0v) is 11.4. The Kier molecular flexibility index (Phi) is 4.54. The van der Waals surface area contributed by atoms with E-state index in [0.717, 1.165) is 24.4 Å². The minimum absolute atomic E-state index is 0.209. The predicted molar refractivity (Wildman–Crippen MR) is 74.9 cm³/mol. The Balaban J connectivity index is 1.87. The fraction of sp³-hybridized carbons (Fsp3) is 0.562. The smallest absolute Gasteiger partial charge is 0.176 e. The van der Waals surface area contributed by atoms with Crippen molar-refractivity contribution in [3.05, 3.63) is 35.4 Å². The van der Waals surface area contributed by atoms with Crippen LogP contribution in [0.1, 0.15) is 42.6 Å². The molecular weight excluding hydrogens is 222 g/mol. The minimum Gasteiger partial charge on any atom is -0.309 e. The number of hydrogen-bond acceptors (Lipinski definition) is 2. The van der Waals surface area contributed by atoms with Crippen molar-refractivity contribution in [1.29, 1.82) is 0 Å². The molecule has 0 atom stereocenters. The molecule has 1 aromatic rings. The number of carbonyl (C=O) groups excluding carboxylic acids is 1. The van der Waals surface area contributed by atoms with Gasteiger partial charge in [0.2, 0.25) is 0 Å². The van der Waals surface area contributed by atoms with Crippen LogP contribution in [0.4, 0.5) is 0 Å². The van der Waals surface area contributed by atoms with Gasteiger partial charge in [-0.25, -0.2) is 0 Å². The van der Waals surface area contributed by atoms with Crippen LogP contribution in [-0.4, -0.2) is 18.9 Å². The van der Waals surface area contributed by atoms with Gasteiger partial charge in [0.05, 0.1) is 6.54 Å². The van der Waals surface area contributed by atoms with Crippen molar-refractivity contribution in [1.82, 2.24) is 5.32 Å². The first-order valence-electron chi connectivity index (χ1n) is 6.98. The summed E-state index contributed by atoms with van der Waals surface area (Å²) in [6.45, 7) is 5.87. The summed E-state index contributed by atoms with van der Waals surface area (Å²) in [5, 5.41) is 3.26. The first-order chi connectivity index (χ1) is 8.65. The van der Waals surface area contributed by atoms with E-state index in [-0.39, 0.29) is 5.78 Å². The van der Waals surface area contributed by atoms with Gasteiger partial charge in [0.1, 0.15) is 0 Å². The lowest BCUT2D eigenvalue weighted by Gasteiger charge is -2.07. The molecule has 0 radical (unpaired) electrons. The van der Waals surface area contributed by atoms with E-state index in [9.17, 15) is 4.79 Å². The molecule has 0 aliphatic heterocycles. The van der Waals surface area contributed by atoms with Crippen LogP contribution in [0.15, 0.2) is 24.3 Å². The van der Waals surface area contributed by atoms with Gasteiger partial charge in [-0.05, 0) is 49.3 Å². The summed E-state index contributed by atoms with van der Waals surface area (Å²) in [5.41, 5.74) is 2.11. The number of benzene rings is 1. The largest absolute Gasteiger partial charge is 0.309 e. The van der Waals surface area contributed by atoms with Crippen LogP contribution in [0.5, 0.6) is 0 Å². The number of Topliss-reactive ketones (excluding diaryl/α,β-unsaturated/α-hetero) is 1. The van der Waals surface area contributed by atoms with Crippen molar-refractivity contribution < 1.29 is 4.79 Å². The van der Waals surface area contributed by atoms with Crippen LogP contribution in [-0.2, 0) is 6.42 Å². The molecule has 0 unspecified atom stereocenters. The van der Waals surface area contributed by atoms with Crippen molar-refractivity contribution in [2.24, 2.45) is 11.8 Å². The van der Waals surface area contributed by atoms with Gasteiger partial charge in [0, 0.05) is 5.56 Å². The van der Waals surface area contributed by atoms with Crippen LogP contribution in [0.2, 0.25) is 0 Å². The van der Waals surface area contributed by atoms with E-state index in [4.69, 9.17) is 0 Å². The van der Waals surface area contributed by atoms with Gasteiger partial charge < -0.3 is 5.32 Å². The zero-order valence-electron chi connectivity index (χ0n) is 11.4. The molecule has 0 saturated heterocycles. The van der Waals surface area contributed by atoms with Crippen LogP contribution >= 0.6 is 0 Å². The highest BCUT2D eigenvalue weighted by Gasteiger charge is 2.20. The molecule has 0 spiro atoms. The van der Waals surface area contributed by atoms with Crippen LogP contribution < -0.4 is 5.32 Å². The number of rotatable bonds is 7. The minimum atomic E-state index is 0.209. The number of carbonyl (C=O) groups is 1. The molecule has 1 fully saturated rings. The van der Waals surface area contributed by atoms with E-state index in [1.54, 1.807) is 0 Å². The molecule has 18 heavy (non-hydrogen) atoms. The first kappa shape index (κ1) is 13.3. The molecule has 1 aromatic carbocycles. The van der Waals surface area contributed by atoms with E-state index in [0.29, 0.717) is 12.5 Å². The molecule has 1 aliphatic carbocycles. The summed E-state index contributed by atoms with van der Waals surface area (Å²) in [6, 6.07) is 8.06. The molecule has 0 heterocycles. The first-order valence-corrected chi connectivity index (χ1v) is 6.98. The van der Waals surface area contributed by atoms with Crippen molar-refractivity contribution in [2.75, 3.05) is 13.1 Å². The lowest BCUT2D eigenvalue weighted by molar-refractivity contribution is 0.0991. The number of hydrogen-bond donors (Lipinski definition) is 1. The second-order valence-electron chi connectivity index (χ2n) is 5.80. The summed E-state index contributed by atoms with van der Waals surface area (Å²) in [7, 11) is 0. The van der Waals surface area contributed by atoms with Gasteiger partial charge >= 0.3 is 0 Å². The SMILES string of the molecule is CC(C)Cc1cccc(C(=O)CNCC2CC2)c1. The predicted octanol–water partition coefficient (Wildman–Crippen LogP) is 3.07. The van der Waals surface area contributed by atoms with Crippen molar-refractivity contribution >= 4 is 5.78 Å². The lowest BCUT2D eigenvalue weighted by atomic mass is 10.00. The van der Waals surface area contributed by atoms with E-state index >= 15 is 0 Å². The highest BCUT2D eigenvalue weighted by Crippen LogP contribution is 2.27.